The molecule has 0 saturated carbocycles. The number of fused-ring (bicyclic) bond motifs is 2. The van der Waals surface area contributed by atoms with Crippen molar-refractivity contribution in [1.82, 2.24) is 19.5 Å². The van der Waals surface area contributed by atoms with Crippen LogP contribution in [-0.2, 0) is 22.9 Å². The standard InChI is InChI=1S/C19H21N5O4S/c1-23(29(26,27)14-6-7-17-16(9-14)20-19(25)28-17)13-10-24(11-13)18-8-12-4-2-3-5-15(12)21-22-18/h6-9,13H,2-5,10-11H2,1H3,(H,20,25). The predicted molar refractivity (Wildman–Crippen MR) is 106 cm³/mol. The zero-order valence-corrected chi connectivity index (χ0v) is 16.8. The molecule has 5 rings (SSSR count). The van der Waals surface area contributed by atoms with Gasteiger partial charge in [-0.15, -0.1) is 5.10 Å². The minimum absolute atomic E-state index is 0.122. The molecule has 0 bridgehead atoms. The molecular weight excluding hydrogens is 394 g/mol. The molecule has 0 radical (unpaired) electrons. The van der Waals surface area contributed by atoms with Crippen molar-refractivity contribution in [3.8, 4) is 0 Å². The third kappa shape index (κ3) is 3.12. The fraction of sp³-hybridized carbons (Fsp3) is 0.421. The molecule has 1 saturated heterocycles. The van der Waals surface area contributed by atoms with Crippen molar-refractivity contribution >= 4 is 26.9 Å². The minimum Gasteiger partial charge on any atom is -0.408 e. The Morgan fingerprint density at radius 1 is 1.17 bits per heavy atom. The van der Waals surface area contributed by atoms with Crippen LogP contribution in [0.25, 0.3) is 11.1 Å². The number of aromatic nitrogens is 3. The van der Waals surface area contributed by atoms with Gasteiger partial charge in [0.05, 0.1) is 22.1 Å². The van der Waals surface area contributed by atoms with Crippen LogP contribution < -0.4 is 10.7 Å². The summed E-state index contributed by atoms with van der Waals surface area (Å²) in [6.07, 6.45) is 4.35. The van der Waals surface area contributed by atoms with Gasteiger partial charge in [0, 0.05) is 20.1 Å². The Hall–Kier alpha value is -2.72. The average molecular weight is 415 g/mol. The van der Waals surface area contributed by atoms with E-state index in [1.807, 2.05) is 0 Å². The predicted octanol–water partition coefficient (Wildman–Crippen LogP) is 1.30. The highest BCUT2D eigenvalue weighted by molar-refractivity contribution is 7.89. The smallest absolute Gasteiger partial charge is 0.408 e. The summed E-state index contributed by atoms with van der Waals surface area (Å²) in [5, 5.41) is 8.69. The first-order chi connectivity index (χ1) is 13.9. The number of aromatic amines is 1. The van der Waals surface area contributed by atoms with Gasteiger partial charge >= 0.3 is 5.76 Å². The second-order valence-corrected chi connectivity index (χ2v) is 9.63. The van der Waals surface area contributed by atoms with Crippen molar-refractivity contribution in [1.29, 1.82) is 0 Å². The molecule has 2 aliphatic rings. The number of hydrogen-bond donors (Lipinski definition) is 1. The number of anilines is 1. The van der Waals surface area contributed by atoms with Crippen LogP contribution in [0.2, 0.25) is 0 Å². The van der Waals surface area contributed by atoms with E-state index < -0.39 is 15.8 Å². The number of benzene rings is 1. The number of hydrogen-bond acceptors (Lipinski definition) is 7. The number of nitrogens with one attached hydrogen (secondary N) is 1. The van der Waals surface area contributed by atoms with E-state index in [2.05, 4.69) is 26.1 Å². The number of nitrogens with zero attached hydrogens (tertiary/aromatic N) is 4. The van der Waals surface area contributed by atoms with Crippen molar-refractivity contribution in [2.45, 2.75) is 36.6 Å². The zero-order valence-electron chi connectivity index (χ0n) is 16.0. The summed E-state index contributed by atoms with van der Waals surface area (Å²) in [5.41, 5.74) is 3.04. The van der Waals surface area contributed by atoms with Crippen molar-refractivity contribution in [3.63, 3.8) is 0 Å². The maximum atomic E-state index is 13.0. The summed E-state index contributed by atoms with van der Waals surface area (Å²) in [6.45, 7) is 1.13. The zero-order chi connectivity index (χ0) is 20.2. The molecule has 1 aromatic carbocycles. The van der Waals surface area contributed by atoms with Crippen LogP contribution >= 0.6 is 0 Å². The largest absolute Gasteiger partial charge is 0.417 e. The molecule has 152 valence electrons. The lowest BCUT2D eigenvalue weighted by Gasteiger charge is -2.43. The van der Waals surface area contributed by atoms with Crippen LogP contribution in [0.1, 0.15) is 24.1 Å². The van der Waals surface area contributed by atoms with Gasteiger partial charge in [-0.2, -0.15) is 9.40 Å². The fourth-order valence-corrected chi connectivity index (χ4v) is 5.32. The van der Waals surface area contributed by atoms with E-state index in [9.17, 15) is 13.2 Å². The first-order valence-electron chi connectivity index (χ1n) is 9.63. The Morgan fingerprint density at radius 2 is 1.97 bits per heavy atom. The summed E-state index contributed by atoms with van der Waals surface area (Å²) in [5.74, 6) is 0.203. The highest BCUT2D eigenvalue weighted by Gasteiger charge is 2.37. The van der Waals surface area contributed by atoms with Crippen LogP contribution in [0.4, 0.5) is 5.82 Å². The van der Waals surface area contributed by atoms with Crippen LogP contribution in [0, 0.1) is 0 Å². The molecule has 1 aliphatic carbocycles. The molecule has 29 heavy (non-hydrogen) atoms. The molecule has 1 N–H and O–H groups in total. The second-order valence-electron chi connectivity index (χ2n) is 7.63. The SMILES string of the molecule is CN(C1CN(c2cc3c(nn2)CCCC3)C1)S(=O)(=O)c1ccc2oc(=O)[nH]c2c1. The molecule has 3 heterocycles. The summed E-state index contributed by atoms with van der Waals surface area (Å²) in [6, 6.07) is 6.31. The molecule has 2 aromatic heterocycles. The molecule has 9 nitrogen and oxygen atoms in total. The van der Waals surface area contributed by atoms with Crippen LogP contribution in [0.3, 0.4) is 0 Å². The van der Waals surface area contributed by atoms with Gasteiger partial charge in [0.15, 0.2) is 11.4 Å². The minimum atomic E-state index is -3.69. The van der Waals surface area contributed by atoms with Crippen molar-refractivity contribution in [3.05, 3.63) is 46.1 Å². The summed E-state index contributed by atoms with van der Waals surface area (Å²) < 4.78 is 32.3. The van der Waals surface area contributed by atoms with Gasteiger partial charge in [0.1, 0.15) is 0 Å². The van der Waals surface area contributed by atoms with E-state index in [0.29, 0.717) is 24.2 Å². The molecule has 0 amide bonds. The van der Waals surface area contributed by atoms with Crippen molar-refractivity contribution in [2.24, 2.45) is 0 Å². The molecule has 3 aromatic rings. The number of sulfonamides is 1. The van der Waals surface area contributed by atoms with E-state index in [1.54, 1.807) is 7.05 Å². The number of oxazole rings is 1. The Bertz CT molecular complexity index is 1240. The number of H-pyrrole nitrogens is 1. The van der Waals surface area contributed by atoms with Crippen LogP contribution in [0.15, 0.2) is 38.4 Å². The van der Waals surface area contributed by atoms with Gasteiger partial charge in [-0.3, -0.25) is 4.98 Å². The van der Waals surface area contributed by atoms with Crippen molar-refractivity contribution < 1.29 is 12.8 Å². The van der Waals surface area contributed by atoms with E-state index in [0.717, 1.165) is 30.8 Å². The molecule has 10 heteroatoms. The van der Waals surface area contributed by atoms with E-state index in [1.165, 1.54) is 34.5 Å². The lowest BCUT2D eigenvalue weighted by atomic mass is 9.96. The van der Waals surface area contributed by atoms with E-state index >= 15 is 0 Å². The Labute approximate surface area is 167 Å². The quantitative estimate of drug-likeness (QED) is 0.683. The van der Waals surface area contributed by atoms with Gasteiger partial charge in [-0.25, -0.2) is 13.2 Å². The maximum absolute atomic E-state index is 13.0. The Kier molecular flexibility index (Phi) is 4.21. The monoisotopic (exact) mass is 415 g/mol. The molecule has 0 spiro atoms. The summed E-state index contributed by atoms with van der Waals surface area (Å²) >= 11 is 0. The van der Waals surface area contributed by atoms with Crippen molar-refractivity contribution in [2.75, 3.05) is 25.0 Å². The second kappa shape index (κ2) is 6.67. The molecule has 1 fully saturated rings. The topological polar surface area (TPSA) is 112 Å². The molecular formula is C19H21N5O4S. The number of rotatable bonds is 4. The third-order valence-electron chi connectivity index (χ3n) is 5.82. The van der Waals surface area contributed by atoms with Crippen LogP contribution in [-0.4, -0.2) is 54.1 Å². The normalized spacial score (nSPS) is 17.5. The van der Waals surface area contributed by atoms with Gasteiger partial charge in [-0.1, -0.05) is 0 Å². The van der Waals surface area contributed by atoms with Gasteiger partial charge in [0.2, 0.25) is 10.0 Å². The Morgan fingerprint density at radius 3 is 2.79 bits per heavy atom. The first-order valence-corrected chi connectivity index (χ1v) is 11.1. The highest BCUT2D eigenvalue weighted by Crippen LogP contribution is 2.28. The lowest BCUT2D eigenvalue weighted by Crippen LogP contribution is -2.60. The van der Waals surface area contributed by atoms with Gasteiger partial charge in [0.25, 0.3) is 0 Å². The summed E-state index contributed by atoms with van der Waals surface area (Å²) in [7, 11) is -2.11. The Balaban J connectivity index is 1.32. The van der Waals surface area contributed by atoms with E-state index in [-0.39, 0.29) is 10.9 Å². The fourth-order valence-electron chi connectivity index (χ4n) is 3.96. The summed E-state index contributed by atoms with van der Waals surface area (Å²) in [4.78, 5) is 16.0. The molecule has 0 unspecified atom stereocenters. The maximum Gasteiger partial charge on any atom is 0.417 e. The van der Waals surface area contributed by atoms with E-state index in [4.69, 9.17) is 4.42 Å². The molecule has 1 aliphatic heterocycles. The third-order valence-corrected chi connectivity index (χ3v) is 7.73. The number of likely N-dealkylation sites (N-methyl/N-ethyl adjacent to an activating group) is 1. The molecule has 0 atom stereocenters. The van der Waals surface area contributed by atoms with Gasteiger partial charge < -0.3 is 9.32 Å². The van der Waals surface area contributed by atoms with Gasteiger partial charge in [-0.05, 0) is 55.5 Å². The lowest BCUT2D eigenvalue weighted by molar-refractivity contribution is 0.309. The average Bonchev–Trinajstić information content (AvgIpc) is 3.05. The highest BCUT2D eigenvalue weighted by atomic mass is 32.2. The number of aryl methyl sites for hydroxylation is 2. The van der Waals surface area contributed by atoms with Crippen LogP contribution in [0.5, 0.6) is 0 Å². The first kappa shape index (κ1) is 18.3.